The molecular formula is C7H9ClN4O. The van der Waals surface area contributed by atoms with Crippen molar-refractivity contribution in [3.63, 3.8) is 0 Å². The van der Waals surface area contributed by atoms with Crippen LogP contribution in [-0.4, -0.2) is 20.2 Å². The van der Waals surface area contributed by atoms with E-state index in [0.717, 1.165) is 19.3 Å². The van der Waals surface area contributed by atoms with Crippen molar-refractivity contribution >= 4 is 11.6 Å². The van der Waals surface area contributed by atoms with Gasteiger partial charge in [-0.05, 0) is 29.7 Å². The van der Waals surface area contributed by atoms with E-state index in [1.165, 1.54) is 4.68 Å². The molecule has 70 valence electrons. The number of hydrogen-bond acceptors (Lipinski definition) is 3. The topological polar surface area (TPSA) is 63.6 Å². The highest BCUT2D eigenvalue weighted by Gasteiger charge is 2.20. The second-order valence-corrected chi connectivity index (χ2v) is 3.42. The summed E-state index contributed by atoms with van der Waals surface area (Å²) in [7, 11) is 0. The number of aromatic amines is 1. The Morgan fingerprint density at radius 3 is 3.15 bits per heavy atom. The predicted octanol–water partition coefficient (Wildman–Crippen LogP) is 0.814. The third-order valence-corrected chi connectivity index (χ3v) is 2.54. The summed E-state index contributed by atoms with van der Waals surface area (Å²) in [5.41, 5.74) is -0.307. The zero-order chi connectivity index (χ0) is 9.26. The van der Waals surface area contributed by atoms with Crippen LogP contribution in [0.5, 0.6) is 0 Å². The molecule has 0 bridgehead atoms. The summed E-state index contributed by atoms with van der Waals surface area (Å²) in [5, 5.41) is 10.0. The Kier molecular flexibility index (Phi) is 2.18. The lowest BCUT2D eigenvalue weighted by atomic mass is 10.0. The first kappa shape index (κ1) is 8.50. The van der Waals surface area contributed by atoms with E-state index < -0.39 is 0 Å². The highest BCUT2D eigenvalue weighted by Crippen LogP contribution is 2.29. The van der Waals surface area contributed by atoms with E-state index in [9.17, 15) is 4.79 Å². The molecule has 0 amide bonds. The molecule has 5 nitrogen and oxygen atoms in total. The molecule has 1 unspecified atom stereocenters. The Labute approximate surface area is 79.4 Å². The molecule has 0 spiro atoms. The van der Waals surface area contributed by atoms with Crippen LogP contribution in [0.3, 0.4) is 0 Å². The van der Waals surface area contributed by atoms with Gasteiger partial charge in [0.2, 0.25) is 0 Å². The van der Waals surface area contributed by atoms with Gasteiger partial charge in [0.05, 0.1) is 6.04 Å². The van der Waals surface area contributed by atoms with Gasteiger partial charge in [0, 0.05) is 5.03 Å². The summed E-state index contributed by atoms with van der Waals surface area (Å²) >= 11 is 5.97. The lowest BCUT2D eigenvalue weighted by Crippen LogP contribution is -2.25. The third kappa shape index (κ3) is 1.51. The quantitative estimate of drug-likeness (QED) is 0.730. The van der Waals surface area contributed by atoms with Crippen LogP contribution < -0.4 is 5.69 Å². The average Bonchev–Trinajstić information content (AvgIpc) is 2.52. The molecule has 0 radical (unpaired) electrons. The highest BCUT2D eigenvalue weighted by molar-refractivity contribution is 6.30. The molecule has 0 aliphatic heterocycles. The second-order valence-electron chi connectivity index (χ2n) is 2.99. The van der Waals surface area contributed by atoms with E-state index in [-0.39, 0.29) is 11.7 Å². The largest absolute Gasteiger partial charge is 0.361 e. The van der Waals surface area contributed by atoms with Crippen LogP contribution in [-0.2, 0) is 0 Å². The Hall–Kier alpha value is -1.10. The standard InChI is InChI=1S/C7H9ClN4O/c8-5-3-1-2-4-6(5)12-7(13)9-10-11-12/h3,6H,1-2,4H2,(H,9,11,13). The first-order chi connectivity index (χ1) is 6.29. The number of nitrogens with one attached hydrogen (secondary N) is 1. The molecule has 2 rings (SSSR count). The van der Waals surface area contributed by atoms with Crippen molar-refractivity contribution < 1.29 is 0 Å². The summed E-state index contributed by atoms with van der Waals surface area (Å²) in [5.74, 6) is 0. The van der Waals surface area contributed by atoms with Crippen molar-refractivity contribution in [2.45, 2.75) is 25.3 Å². The number of nitrogens with zero attached hydrogens (tertiary/aromatic N) is 3. The predicted molar refractivity (Wildman–Crippen MR) is 47.5 cm³/mol. The van der Waals surface area contributed by atoms with Gasteiger partial charge in [0.15, 0.2) is 0 Å². The second kappa shape index (κ2) is 3.33. The van der Waals surface area contributed by atoms with E-state index in [0.29, 0.717) is 5.03 Å². The smallest absolute Gasteiger partial charge is 0.244 e. The van der Waals surface area contributed by atoms with Gasteiger partial charge < -0.3 is 0 Å². The zero-order valence-corrected chi connectivity index (χ0v) is 7.66. The minimum atomic E-state index is -0.307. The number of tetrazole rings is 1. The summed E-state index contributed by atoms with van der Waals surface area (Å²) in [6, 6.07) is -0.123. The molecule has 0 saturated carbocycles. The Morgan fingerprint density at radius 2 is 2.54 bits per heavy atom. The van der Waals surface area contributed by atoms with Gasteiger partial charge in [-0.2, -0.15) is 4.68 Å². The first-order valence-electron chi connectivity index (χ1n) is 4.14. The molecular weight excluding hydrogens is 192 g/mol. The van der Waals surface area contributed by atoms with Gasteiger partial charge in [0.1, 0.15) is 0 Å². The molecule has 1 aliphatic rings. The summed E-state index contributed by atoms with van der Waals surface area (Å²) in [4.78, 5) is 11.2. The maximum absolute atomic E-state index is 11.2. The molecule has 1 aromatic rings. The number of aromatic nitrogens is 4. The summed E-state index contributed by atoms with van der Waals surface area (Å²) < 4.78 is 1.29. The van der Waals surface area contributed by atoms with Gasteiger partial charge in [0.25, 0.3) is 0 Å². The fraction of sp³-hybridized carbons (Fsp3) is 0.571. The number of halogens is 1. The molecule has 13 heavy (non-hydrogen) atoms. The van der Waals surface area contributed by atoms with Crippen LogP contribution in [0, 0.1) is 0 Å². The molecule has 1 atom stereocenters. The summed E-state index contributed by atoms with van der Waals surface area (Å²) in [6.07, 6.45) is 4.78. The number of rotatable bonds is 1. The minimum Gasteiger partial charge on any atom is -0.244 e. The first-order valence-corrected chi connectivity index (χ1v) is 4.52. The lowest BCUT2D eigenvalue weighted by Gasteiger charge is -2.18. The van der Waals surface area contributed by atoms with E-state index >= 15 is 0 Å². The van der Waals surface area contributed by atoms with E-state index in [2.05, 4.69) is 15.5 Å². The van der Waals surface area contributed by atoms with E-state index in [1.54, 1.807) is 0 Å². The van der Waals surface area contributed by atoms with Crippen molar-refractivity contribution in [3.8, 4) is 0 Å². The van der Waals surface area contributed by atoms with Crippen molar-refractivity contribution in [1.29, 1.82) is 0 Å². The molecule has 1 heterocycles. The van der Waals surface area contributed by atoms with Gasteiger partial charge in [-0.3, -0.25) is 0 Å². The maximum Gasteiger partial charge on any atom is 0.361 e. The van der Waals surface area contributed by atoms with Crippen LogP contribution in [0.15, 0.2) is 15.9 Å². The normalized spacial score (nSPS) is 22.8. The minimum absolute atomic E-state index is 0.123. The van der Waals surface area contributed by atoms with Crippen molar-refractivity contribution in [1.82, 2.24) is 20.2 Å². The van der Waals surface area contributed by atoms with Crippen molar-refractivity contribution in [2.24, 2.45) is 0 Å². The number of H-pyrrole nitrogens is 1. The van der Waals surface area contributed by atoms with Crippen LogP contribution >= 0.6 is 11.6 Å². The van der Waals surface area contributed by atoms with Crippen molar-refractivity contribution in [3.05, 3.63) is 21.6 Å². The van der Waals surface area contributed by atoms with Gasteiger partial charge in [-0.15, -0.1) is 0 Å². The third-order valence-electron chi connectivity index (χ3n) is 2.13. The SMILES string of the molecule is O=c1[nH]nnn1C1CCCC=C1Cl. The molecule has 0 saturated heterocycles. The molecule has 0 aromatic carbocycles. The average molecular weight is 201 g/mol. The van der Waals surface area contributed by atoms with E-state index in [1.807, 2.05) is 6.08 Å². The Morgan fingerprint density at radius 1 is 1.69 bits per heavy atom. The van der Waals surface area contributed by atoms with Crippen LogP contribution in [0.25, 0.3) is 0 Å². The van der Waals surface area contributed by atoms with Crippen molar-refractivity contribution in [2.75, 3.05) is 0 Å². The van der Waals surface area contributed by atoms with Crippen LogP contribution in [0.1, 0.15) is 25.3 Å². The lowest BCUT2D eigenvalue weighted by molar-refractivity contribution is 0.445. The molecule has 0 fully saturated rings. The van der Waals surface area contributed by atoms with Gasteiger partial charge >= 0.3 is 5.69 Å². The number of hydrogen-bond donors (Lipinski definition) is 1. The summed E-state index contributed by atoms with van der Waals surface area (Å²) in [6.45, 7) is 0. The molecule has 6 heteroatoms. The Balaban J connectivity index is 2.36. The monoisotopic (exact) mass is 200 g/mol. The fourth-order valence-corrected chi connectivity index (χ4v) is 1.78. The van der Waals surface area contributed by atoms with Crippen LogP contribution in [0.2, 0.25) is 0 Å². The molecule has 1 aromatic heterocycles. The van der Waals surface area contributed by atoms with Crippen LogP contribution in [0.4, 0.5) is 0 Å². The number of allylic oxidation sites excluding steroid dienone is 2. The molecule has 1 aliphatic carbocycles. The van der Waals surface area contributed by atoms with Gasteiger partial charge in [-0.1, -0.05) is 17.7 Å². The zero-order valence-electron chi connectivity index (χ0n) is 6.90. The fourth-order valence-electron chi connectivity index (χ4n) is 1.47. The maximum atomic E-state index is 11.2. The van der Waals surface area contributed by atoms with Gasteiger partial charge in [-0.25, -0.2) is 9.89 Å². The van der Waals surface area contributed by atoms with E-state index in [4.69, 9.17) is 11.6 Å². The Bertz CT molecular complexity index is 380. The molecule has 1 N–H and O–H groups in total. The highest BCUT2D eigenvalue weighted by atomic mass is 35.5.